The van der Waals surface area contributed by atoms with Crippen molar-refractivity contribution in [3.8, 4) is 0 Å². The van der Waals surface area contributed by atoms with Crippen LogP contribution in [0.3, 0.4) is 0 Å². The van der Waals surface area contributed by atoms with Crippen LogP contribution in [0.2, 0.25) is 0 Å². The number of halogens is 3. The molecule has 29 heavy (non-hydrogen) atoms. The van der Waals surface area contributed by atoms with E-state index in [1.54, 1.807) is 12.4 Å². The average Bonchev–Trinajstić information content (AvgIpc) is 3.45. The smallest absolute Gasteiger partial charge is 0.283 e. The lowest BCUT2D eigenvalue weighted by Gasteiger charge is -1.86. The Bertz CT molecular complexity index is 837. The van der Waals surface area contributed by atoms with Gasteiger partial charge in [-0.1, -0.05) is 0 Å². The Morgan fingerprint density at radius 2 is 1.48 bits per heavy atom. The van der Waals surface area contributed by atoms with Crippen molar-refractivity contribution in [2.24, 2.45) is 31.4 Å². The van der Waals surface area contributed by atoms with Crippen LogP contribution in [0.15, 0.2) is 62.0 Å². The summed E-state index contributed by atoms with van der Waals surface area (Å²) in [5, 5.41) is 10.7. The number of rotatable bonds is 1. The van der Waals surface area contributed by atoms with Crippen molar-refractivity contribution < 1.29 is 4.92 Å². The van der Waals surface area contributed by atoms with Crippen molar-refractivity contribution in [2.45, 2.75) is 25.7 Å². The molecule has 0 amide bonds. The predicted molar refractivity (Wildman–Crippen MR) is 133 cm³/mol. The molecule has 4 heterocycles. The molecule has 0 aromatic rings. The third-order valence-electron chi connectivity index (χ3n) is 3.15. The SMILES string of the molecule is BrC1=CCC=N1.NC1=C(Br)N=CC1.NC1=C(S)N=CC1.O=[N+]([O-])C1=C(Br)N=CC1. The number of nitrogens with two attached hydrogens (primary N) is 2. The van der Waals surface area contributed by atoms with Gasteiger partial charge in [0.2, 0.25) is 0 Å². The Hall–Kier alpha value is -1.57. The molecule has 0 saturated heterocycles. The maximum atomic E-state index is 10.0. The van der Waals surface area contributed by atoms with Crippen LogP contribution in [0, 0.1) is 10.1 Å². The van der Waals surface area contributed by atoms with E-state index in [1.807, 2.05) is 12.3 Å². The zero-order chi connectivity index (χ0) is 21.8. The summed E-state index contributed by atoms with van der Waals surface area (Å²) in [5.41, 5.74) is 12.5. The Labute approximate surface area is 198 Å². The summed E-state index contributed by atoms with van der Waals surface area (Å²) in [7, 11) is 0. The Morgan fingerprint density at radius 3 is 1.66 bits per heavy atom. The molecular weight excluding hydrogens is 594 g/mol. The van der Waals surface area contributed by atoms with E-state index in [9.17, 15) is 10.1 Å². The maximum absolute atomic E-state index is 10.0. The standard InChI is InChI=1S/C4H3BrN2O2.C4H5BrN2.C4H4BrN.C4H6N2S/c5-4-3(7(8)9)1-2-6-4;5-4-3(6)1-2-7-4;5-4-2-1-3-6-4;5-3-1-2-6-4(3)7/h2H,1H2;2H,1,6H2;2-3H,1H2;2,7H,1,5H2. The summed E-state index contributed by atoms with van der Waals surface area (Å²) in [6.07, 6.45) is 11.8. The molecule has 4 rings (SSSR count). The molecular formula is C16H18Br3N7O2S. The molecule has 0 aromatic carbocycles. The van der Waals surface area contributed by atoms with Crippen LogP contribution >= 0.6 is 60.4 Å². The number of aliphatic imine (C=N–C) groups is 4. The van der Waals surface area contributed by atoms with Crippen molar-refractivity contribution in [3.63, 3.8) is 0 Å². The van der Waals surface area contributed by atoms with Gasteiger partial charge in [0, 0.05) is 55.5 Å². The van der Waals surface area contributed by atoms with E-state index in [2.05, 4.69) is 80.4 Å². The van der Waals surface area contributed by atoms with Gasteiger partial charge in [-0.05, 0) is 53.9 Å². The Kier molecular flexibility index (Phi) is 12.0. The topological polar surface area (TPSA) is 145 Å². The zero-order valence-electron chi connectivity index (χ0n) is 15.0. The van der Waals surface area contributed by atoms with Crippen molar-refractivity contribution in [2.75, 3.05) is 0 Å². The molecule has 0 aliphatic carbocycles. The fourth-order valence-electron chi connectivity index (χ4n) is 1.66. The molecule has 0 spiro atoms. The fraction of sp³-hybridized carbons (Fsp3) is 0.250. The van der Waals surface area contributed by atoms with E-state index in [0.717, 1.165) is 39.9 Å². The minimum atomic E-state index is -0.433. The zero-order valence-corrected chi connectivity index (χ0v) is 20.7. The molecule has 4 N–H and O–H groups in total. The summed E-state index contributed by atoms with van der Waals surface area (Å²) in [6.45, 7) is 0. The average molecular weight is 612 g/mol. The molecule has 156 valence electrons. The van der Waals surface area contributed by atoms with E-state index in [4.69, 9.17) is 11.5 Å². The first-order valence-electron chi connectivity index (χ1n) is 8.02. The first-order valence-corrected chi connectivity index (χ1v) is 10.9. The van der Waals surface area contributed by atoms with Gasteiger partial charge in [-0.3, -0.25) is 25.1 Å². The first kappa shape index (κ1) is 25.5. The highest BCUT2D eigenvalue weighted by molar-refractivity contribution is 9.12. The van der Waals surface area contributed by atoms with Crippen LogP contribution < -0.4 is 11.5 Å². The van der Waals surface area contributed by atoms with Gasteiger partial charge >= 0.3 is 0 Å². The van der Waals surface area contributed by atoms with E-state index >= 15 is 0 Å². The highest BCUT2D eigenvalue weighted by atomic mass is 79.9. The summed E-state index contributed by atoms with van der Waals surface area (Å²) >= 11 is 13.3. The number of nitro groups is 1. The molecule has 9 nitrogen and oxygen atoms in total. The third-order valence-corrected chi connectivity index (χ3v) is 5.45. The number of thiol groups is 1. The largest absolute Gasteiger partial charge is 0.400 e. The monoisotopic (exact) mass is 609 g/mol. The molecule has 0 unspecified atom stereocenters. The summed E-state index contributed by atoms with van der Waals surface area (Å²) in [4.78, 5) is 24.8. The number of hydrogen-bond acceptors (Lipinski definition) is 9. The Morgan fingerprint density at radius 1 is 0.897 bits per heavy atom. The van der Waals surface area contributed by atoms with Crippen LogP contribution in [-0.4, -0.2) is 29.8 Å². The maximum Gasteiger partial charge on any atom is 0.283 e. The van der Waals surface area contributed by atoms with E-state index in [-0.39, 0.29) is 5.70 Å². The first-order chi connectivity index (χ1) is 13.7. The van der Waals surface area contributed by atoms with Gasteiger partial charge < -0.3 is 11.5 Å². The van der Waals surface area contributed by atoms with Crippen LogP contribution in [0.1, 0.15) is 25.7 Å². The molecule has 0 radical (unpaired) electrons. The van der Waals surface area contributed by atoms with Crippen molar-refractivity contribution >= 4 is 85.3 Å². The highest BCUT2D eigenvalue weighted by Crippen LogP contribution is 2.21. The molecule has 13 heteroatoms. The minimum Gasteiger partial charge on any atom is -0.400 e. The van der Waals surface area contributed by atoms with Gasteiger partial charge in [-0.25, -0.2) is 4.99 Å². The summed E-state index contributed by atoms with van der Waals surface area (Å²) < 4.78 is 2.09. The summed E-state index contributed by atoms with van der Waals surface area (Å²) in [5.74, 6) is 0. The van der Waals surface area contributed by atoms with Gasteiger partial charge in [0.1, 0.15) is 14.2 Å². The van der Waals surface area contributed by atoms with Gasteiger partial charge in [-0.15, -0.1) is 12.6 Å². The molecule has 0 atom stereocenters. The minimum absolute atomic E-state index is 0.134. The molecule has 0 bridgehead atoms. The summed E-state index contributed by atoms with van der Waals surface area (Å²) in [6, 6.07) is 0. The third kappa shape index (κ3) is 10.1. The second-order valence-electron chi connectivity index (χ2n) is 5.28. The normalized spacial score (nSPS) is 18.3. The Balaban J connectivity index is 0.000000195. The molecule has 4 aliphatic rings. The van der Waals surface area contributed by atoms with Crippen LogP contribution in [-0.2, 0) is 0 Å². The fourth-order valence-corrected chi connectivity index (χ4v) is 2.92. The van der Waals surface area contributed by atoms with E-state index < -0.39 is 4.92 Å². The predicted octanol–water partition coefficient (Wildman–Crippen LogP) is 4.50. The lowest BCUT2D eigenvalue weighted by atomic mass is 10.4. The lowest BCUT2D eigenvalue weighted by Crippen LogP contribution is -1.96. The molecule has 0 fully saturated rings. The molecule has 0 aromatic heterocycles. The van der Waals surface area contributed by atoms with Gasteiger partial charge in [0.25, 0.3) is 5.70 Å². The molecule has 0 saturated carbocycles. The van der Waals surface area contributed by atoms with E-state index in [1.165, 1.54) is 6.21 Å². The number of hydrogen-bond donors (Lipinski definition) is 3. The molecule has 4 aliphatic heterocycles. The van der Waals surface area contributed by atoms with Crippen molar-refractivity contribution in [3.05, 3.63) is 52.1 Å². The van der Waals surface area contributed by atoms with Gasteiger partial charge in [0.05, 0.1) is 11.3 Å². The number of allylic oxidation sites excluding steroid dienone is 4. The number of nitrogens with zero attached hydrogens (tertiary/aromatic N) is 5. The van der Waals surface area contributed by atoms with Crippen LogP contribution in [0.4, 0.5) is 0 Å². The second-order valence-corrected chi connectivity index (χ2v) is 8.02. The highest BCUT2D eigenvalue weighted by Gasteiger charge is 2.18. The van der Waals surface area contributed by atoms with Crippen molar-refractivity contribution in [1.29, 1.82) is 0 Å². The van der Waals surface area contributed by atoms with Crippen LogP contribution in [0.25, 0.3) is 0 Å². The van der Waals surface area contributed by atoms with Gasteiger partial charge in [0.15, 0.2) is 4.61 Å². The van der Waals surface area contributed by atoms with Gasteiger partial charge in [-0.2, -0.15) is 0 Å². The quantitative estimate of drug-likeness (QED) is 0.173. The van der Waals surface area contributed by atoms with Crippen LogP contribution in [0.5, 0.6) is 0 Å². The van der Waals surface area contributed by atoms with E-state index in [0.29, 0.717) is 16.1 Å². The lowest BCUT2D eigenvalue weighted by molar-refractivity contribution is -0.426. The van der Waals surface area contributed by atoms with Crippen molar-refractivity contribution in [1.82, 2.24) is 0 Å². The second kappa shape index (κ2) is 13.6.